The van der Waals surface area contributed by atoms with E-state index in [1.807, 2.05) is 42.5 Å². The SMILES string of the molecule is Clc1ccc2nc(Nc3ccccc3Cl)sc2c1. The molecule has 0 saturated heterocycles. The van der Waals surface area contributed by atoms with Gasteiger partial charge in [-0.05, 0) is 30.3 Å². The molecule has 18 heavy (non-hydrogen) atoms. The number of nitrogens with zero attached hydrogens (tertiary/aromatic N) is 1. The highest BCUT2D eigenvalue weighted by atomic mass is 35.5. The Morgan fingerprint density at radius 3 is 2.72 bits per heavy atom. The zero-order chi connectivity index (χ0) is 12.5. The molecule has 2 nitrogen and oxygen atoms in total. The number of hydrogen-bond acceptors (Lipinski definition) is 3. The van der Waals surface area contributed by atoms with Crippen LogP contribution in [0, 0.1) is 0 Å². The maximum Gasteiger partial charge on any atom is 0.188 e. The van der Waals surface area contributed by atoms with Gasteiger partial charge >= 0.3 is 0 Å². The lowest BCUT2D eigenvalue weighted by molar-refractivity contribution is 1.44. The van der Waals surface area contributed by atoms with E-state index >= 15 is 0 Å². The summed E-state index contributed by atoms with van der Waals surface area (Å²) in [5.74, 6) is 0. The van der Waals surface area contributed by atoms with Gasteiger partial charge in [0.25, 0.3) is 0 Å². The predicted molar refractivity (Wildman–Crippen MR) is 79.4 cm³/mol. The lowest BCUT2D eigenvalue weighted by Gasteiger charge is -2.03. The first-order valence-electron chi connectivity index (χ1n) is 5.30. The molecule has 0 saturated carbocycles. The van der Waals surface area contributed by atoms with E-state index in [1.165, 1.54) is 0 Å². The van der Waals surface area contributed by atoms with Crippen LogP contribution in [0.5, 0.6) is 0 Å². The number of halogens is 2. The van der Waals surface area contributed by atoms with Gasteiger partial charge in [-0.2, -0.15) is 0 Å². The van der Waals surface area contributed by atoms with Gasteiger partial charge in [0, 0.05) is 5.02 Å². The van der Waals surface area contributed by atoms with E-state index in [0.29, 0.717) is 5.02 Å². The first-order chi connectivity index (χ1) is 8.72. The molecule has 90 valence electrons. The molecule has 3 aromatic rings. The minimum atomic E-state index is 0.676. The number of benzene rings is 2. The summed E-state index contributed by atoms with van der Waals surface area (Å²) >= 11 is 13.6. The highest BCUT2D eigenvalue weighted by molar-refractivity contribution is 7.22. The molecule has 1 N–H and O–H groups in total. The maximum atomic E-state index is 6.09. The number of anilines is 2. The molecule has 0 aliphatic rings. The Morgan fingerprint density at radius 1 is 1.06 bits per heavy atom. The standard InChI is InChI=1S/C13H8Cl2N2S/c14-8-5-6-11-12(7-8)18-13(17-11)16-10-4-2-1-3-9(10)15/h1-7H,(H,16,17). The molecule has 3 rings (SSSR count). The molecule has 0 fully saturated rings. The van der Waals surface area contributed by atoms with E-state index in [2.05, 4.69) is 10.3 Å². The van der Waals surface area contributed by atoms with Gasteiger partial charge in [0.2, 0.25) is 0 Å². The molecule has 0 unspecified atom stereocenters. The summed E-state index contributed by atoms with van der Waals surface area (Å²) in [6.07, 6.45) is 0. The van der Waals surface area contributed by atoms with Crippen molar-refractivity contribution < 1.29 is 0 Å². The third-order valence-corrected chi connectivity index (χ3v) is 3.96. The van der Waals surface area contributed by atoms with Crippen molar-refractivity contribution in [3.05, 3.63) is 52.5 Å². The zero-order valence-electron chi connectivity index (χ0n) is 9.15. The summed E-state index contributed by atoms with van der Waals surface area (Å²) in [6, 6.07) is 13.2. The van der Waals surface area contributed by atoms with Gasteiger partial charge in [0.05, 0.1) is 20.9 Å². The van der Waals surface area contributed by atoms with Crippen LogP contribution in [0.2, 0.25) is 10.0 Å². The molecule has 0 aliphatic heterocycles. The van der Waals surface area contributed by atoms with Crippen molar-refractivity contribution in [1.82, 2.24) is 4.98 Å². The van der Waals surface area contributed by atoms with Crippen LogP contribution in [-0.2, 0) is 0 Å². The minimum absolute atomic E-state index is 0.676. The van der Waals surface area contributed by atoms with Crippen molar-refractivity contribution in [2.24, 2.45) is 0 Å². The summed E-state index contributed by atoms with van der Waals surface area (Å²) in [5, 5.41) is 5.41. The van der Waals surface area contributed by atoms with Crippen molar-refractivity contribution in [3.8, 4) is 0 Å². The first kappa shape index (κ1) is 11.8. The number of aromatic nitrogens is 1. The topological polar surface area (TPSA) is 24.9 Å². The van der Waals surface area contributed by atoms with E-state index < -0.39 is 0 Å². The smallest absolute Gasteiger partial charge is 0.188 e. The molecule has 1 heterocycles. The van der Waals surface area contributed by atoms with Gasteiger partial charge < -0.3 is 5.32 Å². The van der Waals surface area contributed by atoms with Crippen molar-refractivity contribution in [3.63, 3.8) is 0 Å². The molecule has 5 heteroatoms. The van der Waals surface area contributed by atoms with E-state index in [-0.39, 0.29) is 0 Å². The van der Waals surface area contributed by atoms with Crippen LogP contribution in [0.1, 0.15) is 0 Å². The monoisotopic (exact) mass is 294 g/mol. The number of rotatable bonds is 2. The molecular formula is C13H8Cl2N2S. The molecule has 0 aliphatic carbocycles. The van der Waals surface area contributed by atoms with Gasteiger partial charge in [0.1, 0.15) is 0 Å². The van der Waals surface area contributed by atoms with Crippen molar-refractivity contribution in [2.45, 2.75) is 0 Å². The third-order valence-electron chi connectivity index (χ3n) is 2.47. The van der Waals surface area contributed by atoms with Crippen LogP contribution >= 0.6 is 34.5 Å². The van der Waals surface area contributed by atoms with Crippen molar-refractivity contribution >= 4 is 55.6 Å². The van der Waals surface area contributed by atoms with Crippen LogP contribution in [-0.4, -0.2) is 4.98 Å². The maximum absolute atomic E-state index is 6.09. The second-order valence-corrected chi connectivity index (χ2v) is 5.61. The average molecular weight is 295 g/mol. The minimum Gasteiger partial charge on any atom is -0.330 e. The van der Waals surface area contributed by atoms with Crippen LogP contribution < -0.4 is 5.32 Å². The van der Waals surface area contributed by atoms with E-state index in [1.54, 1.807) is 11.3 Å². The Kier molecular flexibility index (Phi) is 3.12. The summed E-state index contributed by atoms with van der Waals surface area (Å²) in [4.78, 5) is 4.48. The highest BCUT2D eigenvalue weighted by Crippen LogP contribution is 2.32. The highest BCUT2D eigenvalue weighted by Gasteiger charge is 2.06. The third kappa shape index (κ3) is 2.29. The summed E-state index contributed by atoms with van der Waals surface area (Å²) < 4.78 is 1.05. The molecule has 0 bridgehead atoms. The molecule has 0 radical (unpaired) electrons. The average Bonchev–Trinajstić information content (AvgIpc) is 2.73. The Labute approximate surface area is 118 Å². The van der Waals surface area contributed by atoms with Crippen LogP contribution in [0.3, 0.4) is 0 Å². The molecule has 0 atom stereocenters. The Bertz CT molecular complexity index is 709. The van der Waals surface area contributed by atoms with E-state index in [0.717, 1.165) is 26.1 Å². The fourth-order valence-corrected chi connectivity index (χ4v) is 2.97. The molecule has 2 aromatic carbocycles. The lowest BCUT2D eigenvalue weighted by atomic mass is 10.3. The summed E-state index contributed by atoms with van der Waals surface area (Å²) in [5.41, 5.74) is 1.78. The van der Waals surface area contributed by atoms with Gasteiger partial charge in [-0.15, -0.1) is 0 Å². The normalized spacial score (nSPS) is 10.8. The van der Waals surface area contributed by atoms with Crippen LogP contribution in [0.15, 0.2) is 42.5 Å². The lowest BCUT2D eigenvalue weighted by Crippen LogP contribution is -1.89. The summed E-state index contributed by atoms with van der Waals surface area (Å²) in [7, 11) is 0. The number of fused-ring (bicyclic) bond motifs is 1. The fraction of sp³-hybridized carbons (Fsp3) is 0. The summed E-state index contributed by atoms with van der Waals surface area (Å²) in [6.45, 7) is 0. The van der Waals surface area contributed by atoms with Crippen LogP contribution in [0.25, 0.3) is 10.2 Å². The second-order valence-electron chi connectivity index (χ2n) is 3.74. The largest absolute Gasteiger partial charge is 0.330 e. The van der Waals surface area contributed by atoms with Gasteiger partial charge in [-0.25, -0.2) is 4.98 Å². The van der Waals surface area contributed by atoms with Gasteiger partial charge in [-0.1, -0.05) is 46.7 Å². The number of thiazole rings is 1. The second kappa shape index (κ2) is 4.76. The van der Waals surface area contributed by atoms with Gasteiger partial charge in [0.15, 0.2) is 5.13 Å². The first-order valence-corrected chi connectivity index (χ1v) is 6.87. The Hall–Kier alpha value is -1.29. The van der Waals surface area contributed by atoms with Crippen molar-refractivity contribution in [1.29, 1.82) is 0 Å². The van der Waals surface area contributed by atoms with Crippen LogP contribution in [0.4, 0.5) is 10.8 Å². The zero-order valence-corrected chi connectivity index (χ0v) is 11.5. The molecule has 0 amide bonds. The van der Waals surface area contributed by atoms with E-state index in [9.17, 15) is 0 Å². The Morgan fingerprint density at radius 2 is 1.89 bits per heavy atom. The Balaban J connectivity index is 1.98. The number of nitrogens with one attached hydrogen (secondary N) is 1. The fourth-order valence-electron chi connectivity index (χ4n) is 1.63. The van der Waals surface area contributed by atoms with Crippen molar-refractivity contribution in [2.75, 3.05) is 5.32 Å². The predicted octanol–water partition coefficient (Wildman–Crippen LogP) is 5.35. The van der Waals surface area contributed by atoms with Gasteiger partial charge in [-0.3, -0.25) is 0 Å². The number of para-hydroxylation sites is 1. The molecular weight excluding hydrogens is 287 g/mol. The van der Waals surface area contributed by atoms with E-state index in [4.69, 9.17) is 23.2 Å². The number of hydrogen-bond donors (Lipinski definition) is 1. The molecule has 1 aromatic heterocycles. The quantitative estimate of drug-likeness (QED) is 0.689. The molecule has 0 spiro atoms.